The predicted octanol–water partition coefficient (Wildman–Crippen LogP) is 2.18. The zero-order valence-electron chi connectivity index (χ0n) is 11.3. The highest BCUT2D eigenvalue weighted by molar-refractivity contribution is 5.21. The largest absolute Gasteiger partial charge is 0.317 e. The third kappa shape index (κ3) is 5.80. The SMILES string of the molecule is CCCNCCCNCc1ccc(C)nc1C. The Bertz CT molecular complexity index is 323. The first-order chi connectivity index (χ1) is 8.24. The normalized spacial score (nSPS) is 10.8. The van der Waals surface area contributed by atoms with Gasteiger partial charge in [0.2, 0.25) is 0 Å². The van der Waals surface area contributed by atoms with Crippen LogP contribution < -0.4 is 10.6 Å². The summed E-state index contributed by atoms with van der Waals surface area (Å²) >= 11 is 0. The van der Waals surface area contributed by atoms with Crippen molar-refractivity contribution in [1.29, 1.82) is 0 Å². The molecule has 0 aliphatic carbocycles. The lowest BCUT2D eigenvalue weighted by Crippen LogP contribution is -2.22. The minimum atomic E-state index is 0.924. The van der Waals surface area contributed by atoms with Crippen molar-refractivity contribution >= 4 is 0 Å². The molecular formula is C14H25N3. The second kappa shape index (κ2) is 8.20. The van der Waals surface area contributed by atoms with E-state index in [-0.39, 0.29) is 0 Å². The van der Waals surface area contributed by atoms with Crippen molar-refractivity contribution in [2.45, 2.75) is 40.2 Å². The molecule has 2 N–H and O–H groups in total. The summed E-state index contributed by atoms with van der Waals surface area (Å²) in [5.74, 6) is 0. The number of hydrogen-bond acceptors (Lipinski definition) is 3. The van der Waals surface area contributed by atoms with Crippen LogP contribution in [0.15, 0.2) is 12.1 Å². The number of pyridine rings is 1. The van der Waals surface area contributed by atoms with E-state index in [1.54, 1.807) is 0 Å². The number of aryl methyl sites for hydroxylation is 2. The van der Waals surface area contributed by atoms with Crippen molar-refractivity contribution in [3.05, 3.63) is 29.1 Å². The number of aromatic nitrogens is 1. The van der Waals surface area contributed by atoms with Crippen molar-refractivity contribution in [3.63, 3.8) is 0 Å². The van der Waals surface area contributed by atoms with Crippen molar-refractivity contribution in [2.24, 2.45) is 0 Å². The fourth-order valence-electron chi connectivity index (χ4n) is 1.77. The van der Waals surface area contributed by atoms with Gasteiger partial charge in [-0.3, -0.25) is 4.98 Å². The topological polar surface area (TPSA) is 37.0 Å². The molecule has 0 amide bonds. The van der Waals surface area contributed by atoms with E-state index in [0.29, 0.717) is 0 Å². The van der Waals surface area contributed by atoms with Gasteiger partial charge in [-0.25, -0.2) is 0 Å². The molecule has 0 aromatic carbocycles. The summed E-state index contributed by atoms with van der Waals surface area (Å²) in [6, 6.07) is 4.24. The molecule has 1 aromatic rings. The summed E-state index contributed by atoms with van der Waals surface area (Å²) < 4.78 is 0. The number of rotatable bonds is 8. The van der Waals surface area contributed by atoms with E-state index in [1.807, 2.05) is 6.92 Å². The van der Waals surface area contributed by atoms with E-state index in [2.05, 4.69) is 41.6 Å². The second-order valence-electron chi connectivity index (χ2n) is 4.48. The molecule has 0 saturated carbocycles. The number of hydrogen-bond donors (Lipinski definition) is 2. The minimum absolute atomic E-state index is 0.924. The van der Waals surface area contributed by atoms with Crippen LogP contribution in [0.4, 0.5) is 0 Å². The van der Waals surface area contributed by atoms with Crippen LogP contribution in [-0.4, -0.2) is 24.6 Å². The molecule has 3 nitrogen and oxygen atoms in total. The molecule has 1 aromatic heterocycles. The van der Waals surface area contributed by atoms with E-state index in [4.69, 9.17) is 0 Å². The van der Waals surface area contributed by atoms with Gasteiger partial charge >= 0.3 is 0 Å². The first-order valence-electron chi connectivity index (χ1n) is 6.58. The zero-order valence-corrected chi connectivity index (χ0v) is 11.3. The minimum Gasteiger partial charge on any atom is -0.317 e. The van der Waals surface area contributed by atoms with Crippen molar-refractivity contribution in [3.8, 4) is 0 Å². The lowest BCUT2D eigenvalue weighted by atomic mass is 10.2. The van der Waals surface area contributed by atoms with Crippen LogP contribution in [0.2, 0.25) is 0 Å². The van der Waals surface area contributed by atoms with E-state index < -0.39 is 0 Å². The van der Waals surface area contributed by atoms with Crippen LogP contribution in [0.25, 0.3) is 0 Å². The average molecular weight is 235 g/mol. The van der Waals surface area contributed by atoms with Gasteiger partial charge in [0.05, 0.1) is 0 Å². The molecule has 0 fully saturated rings. The summed E-state index contributed by atoms with van der Waals surface area (Å²) in [5, 5.41) is 6.86. The Balaban J connectivity index is 2.14. The van der Waals surface area contributed by atoms with Crippen molar-refractivity contribution in [1.82, 2.24) is 15.6 Å². The predicted molar refractivity (Wildman–Crippen MR) is 73.2 cm³/mol. The van der Waals surface area contributed by atoms with Gasteiger partial charge in [0, 0.05) is 17.9 Å². The molecule has 96 valence electrons. The molecule has 0 unspecified atom stereocenters. The Hall–Kier alpha value is -0.930. The Morgan fingerprint density at radius 3 is 2.53 bits per heavy atom. The van der Waals surface area contributed by atoms with Crippen LogP contribution in [0.1, 0.15) is 36.7 Å². The van der Waals surface area contributed by atoms with Crippen molar-refractivity contribution < 1.29 is 0 Å². The van der Waals surface area contributed by atoms with Gasteiger partial charge in [0.15, 0.2) is 0 Å². The first-order valence-corrected chi connectivity index (χ1v) is 6.58. The van der Waals surface area contributed by atoms with Gasteiger partial charge in [-0.15, -0.1) is 0 Å². The molecule has 0 atom stereocenters. The third-order valence-electron chi connectivity index (χ3n) is 2.78. The standard InChI is InChI=1S/C14H25N3/c1-4-8-15-9-5-10-16-11-14-7-6-12(2)17-13(14)3/h6-7,15-16H,4-5,8-11H2,1-3H3. The Labute approximate surface area is 105 Å². The smallest absolute Gasteiger partial charge is 0.0420 e. The average Bonchev–Trinajstić information content (AvgIpc) is 2.30. The molecule has 0 saturated heterocycles. The fourth-order valence-corrected chi connectivity index (χ4v) is 1.77. The quantitative estimate of drug-likeness (QED) is 0.678. The monoisotopic (exact) mass is 235 g/mol. The van der Waals surface area contributed by atoms with Gasteiger partial charge in [0.1, 0.15) is 0 Å². The molecule has 0 bridgehead atoms. The first kappa shape index (κ1) is 14.1. The molecule has 1 rings (SSSR count). The maximum absolute atomic E-state index is 4.46. The highest BCUT2D eigenvalue weighted by Gasteiger charge is 1.98. The number of nitrogens with zero attached hydrogens (tertiary/aromatic N) is 1. The molecule has 17 heavy (non-hydrogen) atoms. The van der Waals surface area contributed by atoms with E-state index in [9.17, 15) is 0 Å². The van der Waals surface area contributed by atoms with Gasteiger partial charge in [0.25, 0.3) is 0 Å². The van der Waals surface area contributed by atoms with Gasteiger partial charge in [-0.05, 0) is 58.0 Å². The summed E-state index contributed by atoms with van der Waals surface area (Å²) in [5.41, 5.74) is 3.54. The maximum atomic E-state index is 4.46. The summed E-state index contributed by atoms with van der Waals surface area (Å²) in [6.07, 6.45) is 2.39. The van der Waals surface area contributed by atoms with Crippen LogP contribution in [0.3, 0.4) is 0 Å². The summed E-state index contributed by atoms with van der Waals surface area (Å²) in [6.45, 7) is 10.5. The summed E-state index contributed by atoms with van der Waals surface area (Å²) in [7, 11) is 0. The Kier molecular flexibility index (Phi) is 6.82. The summed E-state index contributed by atoms with van der Waals surface area (Å²) in [4.78, 5) is 4.46. The zero-order chi connectivity index (χ0) is 12.5. The van der Waals surface area contributed by atoms with Crippen LogP contribution in [-0.2, 0) is 6.54 Å². The van der Waals surface area contributed by atoms with Gasteiger partial charge in [-0.2, -0.15) is 0 Å². The van der Waals surface area contributed by atoms with Gasteiger partial charge < -0.3 is 10.6 Å². The highest BCUT2D eigenvalue weighted by Crippen LogP contribution is 2.05. The fraction of sp³-hybridized carbons (Fsp3) is 0.643. The van der Waals surface area contributed by atoms with Crippen LogP contribution >= 0.6 is 0 Å². The molecule has 1 heterocycles. The Morgan fingerprint density at radius 1 is 1.06 bits per heavy atom. The molecular weight excluding hydrogens is 210 g/mol. The van der Waals surface area contributed by atoms with Crippen LogP contribution in [0, 0.1) is 13.8 Å². The lowest BCUT2D eigenvalue weighted by molar-refractivity contribution is 0.591. The van der Waals surface area contributed by atoms with E-state index in [0.717, 1.165) is 37.6 Å². The Morgan fingerprint density at radius 2 is 1.82 bits per heavy atom. The van der Waals surface area contributed by atoms with Crippen LogP contribution in [0.5, 0.6) is 0 Å². The molecule has 0 aliphatic heterocycles. The van der Waals surface area contributed by atoms with E-state index >= 15 is 0 Å². The number of nitrogens with one attached hydrogen (secondary N) is 2. The van der Waals surface area contributed by atoms with Gasteiger partial charge in [-0.1, -0.05) is 13.0 Å². The van der Waals surface area contributed by atoms with Crippen molar-refractivity contribution in [2.75, 3.05) is 19.6 Å². The third-order valence-corrected chi connectivity index (χ3v) is 2.78. The molecule has 0 aliphatic rings. The molecule has 3 heteroatoms. The van der Waals surface area contributed by atoms with E-state index in [1.165, 1.54) is 18.4 Å². The molecule has 0 spiro atoms. The maximum Gasteiger partial charge on any atom is 0.0420 e. The highest BCUT2D eigenvalue weighted by atomic mass is 14.9. The molecule has 0 radical (unpaired) electrons. The lowest BCUT2D eigenvalue weighted by Gasteiger charge is -2.08. The second-order valence-corrected chi connectivity index (χ2v) is 4.48.